The van der Waals surface area contributed by atoms with Crippen LogP contribution >= 0.6 is 0 Å². The van der Waals surface area contributed by atoms with E-state index in [0.717, 1.165) is 0 Å². The molecule has 5 heteroatoms. The number of rotatable bonds is 3. The van der Waals surface area contributed by atoms with E-state index in [1.54, 1.807) is 0 Å². The summed E-state index contributed by atoms with van der Waals surface area (Å²) in [5.41, 5.74) is 0.181. The largest absolute Gasteiger partial charge is 0.472 e. The van der Waals surface area contributed by atoms with Crippen molar-refractivity contribution >= 4 is 0 Å². The van der Waals surface area contributed by atoms with Crippen LogP contribution in [0.1, 0.15) is 12.8 Å². The Hall–Kier alpha value is -1.36. The van der Waals surface area contributed by atoms with Crippen molar-refractivity contribution in [3.8, 4) is 0 Å². The molecule has 0 aromatic rings. The standard InChI is InChI=1S/C7H9NO4/c9-5-12-7-3-1-6(2-4-7)8(10)11/h1,3,9H,2,4-5H2. The van der Waals surface area contributed by atoms with Crippen LogP contribution in [0.5, 0.6) is 0 Å². The summed E-state index contributed by atoms with van der Waals surface area (Å²) >= 11 is 0. The topological polar surface area (TPSA) is 72.6 Å². The van der Waals surface area contributed by atoms with E-state index in [1.807, 2.05) is 0 Å². The summed E-state index contributed by atoms with van der Waals surface area (Å²) in [7, 11) is 0. The van der Waals surface area contributed by atoms with Gasteiger partial charge in [-0.15, -0.1) is 0 Å². The van der Waals surface area contributed by atoms with Crippen LogP contribution in [0.25, 0.3) is 0 Å². The lowest BCUT2D eigenvalue weighted by Crippen LogP contribution is -2.04. The maximum atomic E-state index is 10.2. The highest BCUT2D eigenvalue weighted by Crippen LogP contribution is 2.18. The van der Waals surface area contributed by atoms with Gasteiger partial charge in [0.05, 0.1) is 10.7 Å². The molecule has 0 unspecified atom stereocenters. The van der Waals surface area contributed by atoms with Crippen LogP contribution in [0.2, 0.25) is 0 Å². The number of hydrogen-bond donors (Lipinski definition) is 1. The third-order valence-corrected chi connectivity index (χ3v) is 1.57. The summed E-state index contributed by atoms with van der Waals surface area (Å²) in [6.07, 6.45) is 3.75. The highest BCUT2D eigenvalue weighted by molar-refractivity contribution is 5.16. The van der Waals surface area contributed by atoms with Crippen LogP contribution in [0.4, 0.5) is 0 Å². The predicted octanol–water partition coefficient (Wildman–Crippen LogP) is 0.791. The van der Waals surface area contributed by atoms with Gasteiger partial charge in [0.1, 0.15) is 0 Å². The summed E-state index contributed by atoms with van der Waals surface area (Å²) in [5, 5.41) is 18.6. The molecule has 66 valence electrons. The minimum atomic E-state index is -0.410. The fraction of sp³-hybridized carbons (Fsp3) is 0.429. The van der Waals surface area contributed by atoms with E-state index >= 15 is 0 Å². The van der Waals surface area contributed by atoms with Crippen LogP contribution in [-0.4, -0.2) is 16.8 Å². The van der Waals surface area contributed by atoms with Crippen molar-refractivity contribution in [2.45, 2.75) is 12.8 Å². The van der Waals surface area contributed by atoms with Crippen molar-refractivity contribution in [1.29, 1.82) is 0 Å². The smallest absolute Gasteiger partial charge is 0.246 e. The van der Waals surface area contributed by atoms with Gasteiger partial charge in [0.15, 0.2) is 6.79 Å². The van der Waals surface area contributed by atoms with Crippen molar-refractivity contribution in [3.05, 3.63) is 33.7 Å². The van der Waals surface area contributed by atoms with Gasteiger partial charge in [-0.2, -0.15) is 0 Å². The Kier molecular flexibility index (Phi) is 2.82. The first kappa shape index (κ1) is 8.73. The second kappa shape index (κ2) is 3.87. The van der Waals surface area contributed by atoms with Crippen LogP contribution in [0.3, 0.4) is 0 Å². The van der Waals surface area contributed by atoms with Gasteiger partial charge in [-0.3, -0.25) is 10.1 Å². The molecule has 1 aliphatic rings. The maximum Gasteiger partial charge on any atom is 0.246 e. The van der Waals surface area contributed by atoms with Gasteiger partial charge < -0.3 is 9.84 Å². The van der Waals surface area contributed by atoms with Crippen molar-refractivity contribution in [2.75, 3.05) is 6.79 Å². The van der Waals surface area contributed by atoms with Gasteiger partial charge in [-0.05, 0) is 6.08 Å². The lowest BCUT2D eigenvalue weighted by Gasteiger charge is -2.09. The van der Waals surface area contributed by atoms with E-state index in [4.69, 9.17) is 9.84 Å². The van der Waals surface area contributed by atoms with E-state index in [0.29, 0.717) is 18.6 Å². The Morgan fingerprint density at radius 1 is 1.58 bits per heavy atom. The first-order valence-electron chi connectivity index (χ1n) is 3.52. The number of aliphatic hydroxyl groups is 1. The van der Waals surface area contributed by atoms with E-state index in [1.165, 1.54) is 12.2 Å². The number of ether oxygens (including phenoxy) is 1. The van der Waals surface area contributed by atoms with Crippen LogP contribution in [0, 0.1) is 10.1 Å². The van der Waals surface area contributed by atoms with Crippen molar-refractivity contribution in [2.24, 2.45) is 0 Å². The van der Waals surface area contributed by atoms with Crippen LogP contribution < -0.4 is 0 Å². The molecule has 0 atom stereocenters. The third-order valence-electron chi connectivity index (χ3n) is 1.57. The molecule has 0 aromatic heterocycles. The van der Waals surface area contributed by atoms with E-state index in [9.17, 15) is 10.1 Å². The van der Waals surface area contributed by atoms with Crippen LogP contribution in [0.15, 0.2) is 23.6 Å². The maximum absolute atomic E-state index is 10.2. The molecule has 0 bridgehead atoms. The molecule has 0 spiro atoms. The lowest BCUT2D eigenvalue weighted by molar-refractivity contribution is -0.428. The van der Waals surface area contributed by atoms with Gasteiger partial charge in [0, 0.05) is 18.9 Å². The number of nitrogens with zero attached hydrogens (tertiary/aromatic N) is 1. The number of aliphatic hydroxyl groups excluding tert-OH is 1. The molecule has 0 saturated heterocycles. The zero-order valence-corrected chi connectivity index (χ0v) is 6.40. The summed E-state index contributed by atoms with van der Waals surface area (Å²) in [6, 6.07) is 0. The Bertz CT molecular complexity index is 244. The number of allylic oxidation sites excluding steroid dienone is 4. The Morgan fingerprint density at radius 2 is 2.33 bits per heavy atom. The first-order chi connectivity index (χ1) is 5.74. The number of nitro groups is 1. The minimum absolute atomic E-state index is 0.181. The fourth-order valence-electron chi connectivity index (χ4n) is 0.962. The minimum Gasteiger partial charge on any atom is -0.472 e. The van der Waals surface area contributed by atoms with Crippen molar-refractivity contribution < 1.29 is 14.8 Å². The summed E-state index contributed by atoms with van der Waals surface area (Å²) < 4.78 is 4.76. The molecule has 12 heavy (non-hydrogen) atoms. The molecule has 5 nitrogen and oxygen atoms in total. The molecule has 1 rings (SSSR count). The van der Waals surface area contributed by atoms with Gasteiger partial charge in [0.2, 0.25) is 5.70 Å². The average Bonchev–Trinajstić information content (AvgIpc) is 2.06. The Labute approximate surface area is 69.1 Å². The van der Waals surface area contributed by atoms with E-state index in [2.05, 4.69) is 0 Å². The molecule has 0 heterocycles. The Balaban J connectivity index is 2.60. The normalized spacial score (nSPS) is 16.4. The van der Waals surface area contributed by atoms with Crippen molar-refractivity contribution in [1.82, 2.24) is 0 Å². The molecule has 0 amide bonds. The van der Waals surface area contributed by atoms with Gasteiger partial charge in [-0.25, -0.2) is 0 Å². The van der Waals surface area contributed by atoms with Crippen molar-refractivity contribution in [3.63, 3.8) is 0 Å². The summed E-state index contributed by atoms with van der Waals surface area (Å²) in [6.45, 7) is -0.381. The summed E-state index contributed by atoms with van der Waals surface area (Å²) in [5.74, 6) is 0.586. The molecule has 0 saturated carbocycles. The molecule has 0 radical (unpaired) electrons. The zero-order chi connectivity index (χ0) is 8.97. The van der Waals surface area contributed by atoms with E-state index in [-0.39, 0.29) is 12.5 Å². The molecular weight excluding hydrogens is 162 g/mol. The van der Waals surface area contributed by atoms with Gasteiger partial charge in [0.25, 0.3) is 0 Å². The average molecular weight is 171 g/mol. The Morgan fingerprint density at radius 3 is 2.75 bits per heavy atom. The second-order valence-electron chi connectivity index (χ2n) is 2.32. The number of hydrogen-bond acceptors (Lipinski definition) is 4. The third kappa shape index (κ3) is 2.06. The molecule has 0 fully saturated rings. The predicted molar refractivity (Wildman–Crippen MR) is 40.6 cm³/mol. The van der Waals surface area contributed by atoms with Gasteiger partial charge in [-0.1, -0.05) is 0 Å². The molecule has 1 N–H and O–H groups in total. The summed E-state index contributed by atoms with van der Waals surface area (Å²) in [4.78, 5) is 9.83. The SMILES string of the molecule is O=[N+]([O-])C1=CC=C(OCO)CC1. The van der Waals surface area contributed by atoms with Crippen LogP contribution in [-0.2, 0) is 4.74 Å². The molecule has 0 aromatic carbocycles. The zero-order valence-electron chi connectivity index (χ0n) is 6.40. The molecular formula is C7H9NO4. The quantitative estimate of drug-likeness (QED) is 0.387. The fourth-order valence-corrected chi connectivity index (χ4v) is 0.962. The highest BCUT2D eigenvalue weighted by atomic mass is 16.6. The van der Waals surface area contributed by atoms with E-state index < -0.39 is 4.92 Å². The second-order valence-corrected chi connectivity index (χ2v) is 2.32. The first-order valence-corrected chi connectivity index (χ1v) is 3.52. The van der Waals surface area contributed by atoms with Gasteiger partial charge >= 0.3 is 0 Å². The highest BCUT2D eigenvalue weighted by Gasteiger charge is 2.15. The molecule has 1 aliphatic carbocycles. The molecule has 0 aliphatic heterocycles. The monoisotopic (exact) mass is 171 g/mol. The lowest BCUT2D eigenvalue weighted by atomic mass is 10.1.